The summed E-state index contributed by atoms with van der Waals surface area (Å²) in [5.41, 5.74) is 0. The summed E-state index contributed by atoms with van der Waals surface area (Å²) < 4.78 is 6.55. The highest BCUT2D eigenvalue weighted by Gasteiger charge is 2.15. The molecular weight excluding hydrogens is 272 g/mol. The summed E-state index contributed by atoms with van der Waals surface area (Å²) >= 11 is 1.58. The van der Waals surface area contributed by atoms with Crippen LogP contribution in [-0.4, -0.2) is 37.5 Å². The maximum absolute atomic E-state index is 10.4. The van der Waals surface area contributed by atoms with Crippen LogP contribution in [0.5, 0.6) is 0 Å². The number of hydrogen-bond donors (Lipinski definition) is 1. The van der Waals surface area contributed by atoms with E-state index < -0.39 is 17.0 Å². The van der Waals surface area contributed by atoms with Gasteiger partial charge in [-0.15, -0.1) is 11.3 Å². The fourth-order valence-electron chi connectivity index (χ4n) is 1.42. The number of aliphatic hydroxyl groups is 1. The van der Waals surface area contributed by atoms with Crippen LogP contribution in [0, 0.1) is 10.1 Å². The molecule has 1 N–H and O–H groups in total. The highest BCUT2D eigenvalue weighted by Crippen LogP contribution is 2.09. The van der Waals surface area contributed by atoms with Crippen molar-refractivity contribution in [2.45, 2.75) is 19.3 Å². The first-order chi connectivity index (χ1) is 9.15. The van der Waals surface area contributed by atoms with Gasteiger partial charge in [-0.05, 0) is 16.4 Å². The minimum Gasteiger partial charge on any atom is -0.390 e. The van der Waals surface area contributed by atoms with Crippen LogP contribution in [-0.2, 0) is 17.9 Å². The molecule has 102 valence electrons. The van der Waals surface area contributed by atoms with E-state index in [0.29, 0.717) is 6.61 Å². The van der Waals surface area contributed by atoms with Crippen LogP contribution in [0.3, 0.4) is 0 Å². The van der Waals surface area contributed by atoms with Crippen molar-refractivity contribution in [2.75, 3.05) is 6.61 Å². The van der Waals surface area contributed by atoms with Crippen molar-refractivity contribution in [3.8, 4) is 0 Å². The summed E-state index contributed by atoms with van der Waals surface area (Å²) in [5.74, 6) is -0.480. The molecular formula is C10H12N4O4S. The van der Waals surface area contributed by atoms with Gasteiger partial charge in [0.1, 0.15) is 0 Å². The first-order valence-electron chi connectivity index (χ1n) is 5.47. The van der Waals surface area contributed by atoms with Crippen molar-refractivity contribution < 1.29 is 14.8 Å². The second-order valence-electron chi connectivity index (χ2n) is 3.77. The Labute approximate surface area is 112 Å². The van der Waals surface area contributed by atoms with Gasteiger partial charge in [-0.3, -0.25) is 0 Å². The third kappa shape index (κ3) is 4.09. The lowest BCUT2D eigenvalue weighted by atomic mass is 10.4. The van der Waals surface area contributed by atoms with E-state index in [0.717, 1.165) is 4.88 Å². The zero-order valence-electron chi connectivity index (χ0n) is 9.88. The Bertz CT molecular complexity index is 527. The first kappa shape index (κ1) is 13.6. The Morgan fingerprint density at radius 1 is 1.63 bits per heavy atom. The Morgan fingerprint density at radius 2 is 2.47 bits per heavy atom. The number of aromatic nitrogens is 3. The number of hydrogen-bond acceptors (Lipinski definition) is 7. The molecule has 1 unspecified atom stereocenters. The molecule has 0 fully saturated rings. The molecule has 0 saturated heterocycles. The second kappa shape index (κ2) is 6.36. The average molecular weight is 284 g/mol. The van der Waals surface area contributed by atoms with Crippen molar-refractivity contribution in [2.24, 2.45) is 0 Å². The van der Waals surface area contributed by atoms with E-state index in [2.05, 4.69) is 10.1 Å². The molecule has 2 aromatic heterocycles. The summed E-state index contributed by atoms with van der Waals surface area (Å²) in [7, 11) is 0. The van der Waals surface area contributed by atoms with Crippen LogP contribution in [0.1, 0.15) is 4.88 Å². The van der Waals surface area contributed by atoms with E-state index in [-0.39, 0.29) is 13.2 Å². The van der Waals surface area contributed by atoms with E-state index in [9.17, 15) is 15.2 Å². The molecule has 0 aromatic carbocycles. The molecule has 0 amide bonds. The maximum atomic E-state index is 10.4. The molecule has 2 heterocycles. The maximum Gasteiger partial charge on any atom is 0.490 e. The highest BCUT2D eigenvalue weighted by molar-refractivity contribution is 7.09. The van der Waals surface area contributed by atoms with Crippen molar-refractivity contribution in [1.82, 2.24) is 14.8 Å². The van der Waals surface area contributed by atoms with Gasteiger partial charge in [-0.25, -0.2) is 0 Å². The average Bonchev–Trinajstić information content (AvgIpc) is 3.00. The normalized spacial score (nSPS) is 12.5. The first-order valence-corrected chi connectivity index (χ1v) is 6.35. The molecule has 8 nitrogen and oxygen atoms in total. The Balaban J connectivity index is 1.74. The largest absolute Gasteiger partial charge is 0.490 e. The van der Waals surface area contributed by atoms with Gasteiger partial charge in [0.2, 0.25) is 6.33 Å². The lowest BCUT2D eigenvalue weighted by Crippen LogP contribution is -2.22. The molecule has 2 aromatic rings. The smallest absolute Gasteiger partial charge is 0.390 e. The molecule has 19 heavy (non-hydrogen) atoms. The molecule has 0 saturated carbocycles. The summed E-state index contributed by atoms with van der Waals surface area (Å²) in [5, 5.41) is 25.6. The fraction of sp³-hybridized carbons (Fsp3) is 0.400. The van der Waals surface area contributed by atoms with Crippen LogP contribution >= 0.6 is 11.3 Å². The molecule has 0 bridgehead atoms. The van der Waals surface area contributed by atoms with Gasteiger partial charge in [-0.1, -0.05) is 11.1 Å². The lowest BCUT2D eigenvalue weighted by Gasteiger charge is -2.08. The Kier molecular flexibility index (Phi) is 4.55. The van der Waals surface area contributed by atoms with E-state index in [1.165, 1.54) is 11.0 Å². The predicted octanol–water partition coefficient (Wildman–Crippen LogP) is 0.826. The number of ether oxygens (including phenoxy) is 1. The standard InChI is InChI=1S/C10H12N4O4S/c15-8(5-18-6-9-2-1-3-19-9)4-13-7-11-10(12-13)14(16)17/h1-3,7-8,15H,4-6H2. The van der Waals surface area contributed by atoms with Gasteiger partial charge in [0.25, 0.3) is 0 Å². The number of aliphatic hydroxyl groups excluding tert-OH is 1. The van der Waals surface area contributed by atoms with Crippen LogP contribution in [0.2, 0.25) is 0 Å². The van der Waals surface area contributed by atoms with Crippen LogP contribution in [0.25, 0.3) is 0 Å². The third-order valence-electron chi connectivity index (χ3n) is 2.22. The monoisotopic (exact) mass is 284 g/mol. The van der Waals surface area contributed by atoms with Gasteiger partial charge < -0.3 is 20.0 Å². The molecule has 0 aliphatic carbocycles. The van der Waals surface area contributed by atoms with Crippen LogP contribution < -0.4 is 0 Å². The van der Waals surface area contributed by atoms with E-state index >= 15 is 0 Å². The zero-order chi connectivity index (χ0) is 13.7. The van der Waals surface area contributed by atoms with Crippen LogP contribution in [0.15, 0.2) is 23.8 Å². The quantitative estimate of drug-likeness (QED) is 0.596. The van der Waals surface area contributed by atoms with Crippen molar-refractivity contribution >= 4 is 17.3 Å². The van der Waals surface area contributed by atoms with Crippen LogP contribution in [0.4, 0.5) is 5.95 Å². The Morgan fingerprint density at radius 3 is 3.11 bits per heavy atom. The predicted molar refractivity (Wildman–Crippen MR) is 66.7 cm³/mol. The molecule has 1 atom stereocenters. The zero-order valence-corrected chi connectivity index (χ0v) is 10.7. The molecule has 0 radical (unpaired) electrons. The van der Waals surface area contributed by atoms with Crippen molar-refractivity contribution in [3.63, 3.8) is 0 Å². The van der Waals surface area contributed by atoms with Gasteiger partial charge in [0, 0.05) is 9.98 Å². The van der Waals surface area contributed by atoms with Crippen molar-refractivity contribution in [1.29, 1.82) is 0 Å². The molecule has 0 aliphatic rings. The topological polar surface area (TPSA) is 103 Å². The van der Waals surface area contributed by atoms with Gasteiger partial charge >= 0.3 is 5.95 Å². The molecule has 0 aliphatic heterocycles. The number of nitro groups is 1. The summed E-state index contributed by atoms with van der Waals surface area (Å²) in [6.45, 7) is 0.670. The third-order valence-corrected chi connectivity index (χ3v) is 3.07. The highest BCUT2D eigenvalue weighted by atomic mass is 32.1. The minimum absolute atomic E-state index is 0.102. The second-order valence-corrected chi connectivity index (χ2v) is 4.80. The fourth-order valence-corrected chi connectivity index (χ4v) is 2.06. The summed E-state index contributed by atoms with van der Waals surface area (Å²) in [4.78, 5) is 14.3. The SMILES string of the molecule is O=[N+]([O-])c1ncn(CC(O)COCc2cccs2)n1. The number of nitrogens with zero attached hydrogens (tertiary/aromatic N) is 4. The number of thiophene rings is 1. The van der Waals surface area contributed by atoms with E-state index in [4.69, 9.17) is 4.74 Å². The van der Waals surface area contributed by atoms with Crippen molar-refractivity contribution in [3.05, 3.63) is 38.8 Å². The summed E-state index contributed by atoms with van der Waals surface area (Å²) in [6, 6.07) is 3.87. The van der Waals surface area contributed by atoms with E-state index in [1.807, 2.05) is 17.5 Å². The molecule has 9 heteroatoms. The van der Waals surface area contributed by atoms with Gasteiger partial charge in [0.15, 0.2) is 0 Å². The van der Waals surface area contributed by atoms with Gasteiger partial charge in [-0.2, -0.15) is 4.68 Å². The summed E-state index contributed by atoms with van der Waals surface area (Å²) in [6.07, 6.45) is 0.418. The lowest BCUT2D eigenvalue weighted by molar-refractivity contribution is -0.394. The molecule has 0 spiro atoms. The Hall–Kier alpha value is -1.84. The number of rotatable bonds is 7. The molecule has 2 rings (SSSR count). The van der Waals surface area contributed by atoms with Gasteiger partial charge in [0.05, 0.1) is 25.9 Å². The van der Waals surface area contributed by atoms with E-state index in [1.54, 1.807) is 11.3 Å². The minimum atomic E-state index is -0.790.